The van der Waals surface area contributed by atoms with Crippen molar-refractivity contribution in [1.29, 1.82) is 0 Å². The van der Waals surface area contributed by atoms with Crippen LogP contribution in [0, 0.1) is 11.8 Å². The van der Waals surface area contributed by atoms with Gasteiger partial charge in [0, 0.05) is 15.6 Å². The van der Waals surface area contributed by atoms with Crippen LogP contribution >= 0.6 is 35.8 Å². The van der Waals surface area contributed by atoms with Crippen LogP contribution in [0.15, 0.2) is 29.7 Å². The molecule has 4 nitrogen and oxygen atoms in total. The highest BCUT2D eigenvalue weighted by Gasteiger charge is 2.45. The van der Waals surface area contributed by atoms with Crippen molar-refractivity contribution in [3.8, 4) is 0 Å². The number of hydrogen-bond donors (Lipinski definition) is 2. The zero-order valence-electron chi connectivity index (χ0n) is 12.1. The second-order valence-electron chi connectivity index (χ2n) is 5.89. The third-order valence-corrected chi connectivity index (χ3v) is 5.36. The summed E-state index contributed by atoms with van der Waals surface area (Å²) in [6.45, 7) is 2.31. The summed E-state index contributed by atoms with van der Waals surface area (Å²) in [5.41, 5.74) is -0.477. The molecule has 0 aliphatic heterocycles. The van der Waals surface area contributed by atoms with Gasteiger partial charge in [0.1, 0.15) is 11.9 Å². The average Bonchev–Trinajstić information content (AvgIpc) is 3.23. The van der Waals surface area contributed by atoms with Crippen molar-refractivity contribution in [2.24, 2.45) is 11.8 Å². The van der Waals surface area contributed by atoms with Crippen molar-refractivity contribution < 1.29 is 5.11 Å². The number of nitrogens with zero attached hydrogens (tertiary/aromatic N) is 3. The maximum absolute atomic E-state index is 11.5. The highest BCUT2D eigenvalue weighted by molar-refractivity contribution is 7.80. The van der Waals surface area contributed by atoms with Crippen LogP contribution in [-0.4, -0.2) is 19.9 Å². The Bertz CT molecular complexity index is 689. The molecule has 0 saturated heterocycles. The molecule has 3 rings (SSSR count). The molecular weight excluding hydrogens is 341 g/mol. The quantitative estimate of drug-likeness (QED) is 0.800. The van der Waals surface area contributed by atoms with Gasteiger partial charge in [0.05, 0.1) is 6.54 Å². The molecule has 0 spiro atoms. The number of halogens is 2. The van der Waals surface area contributed by atoms with Crippen molar-refractivity contribution in [3.05, 3.63) is 40.1 Å². The second-order valence-corrected chi connectivity index (χ2v) is 7.14. The topological polar surface area (TPSA) is 50.9 Å². The largest absolute Gasteiger partial charge is 0.383 e. The fourth-order valence-corrected chi connectivity index (χ4v) is 3.65. The Kier molecular flexibility index (Phi) is 4.42. The summed E-state index contributed by atoms with van der Waals surface area (Å²) in [6.07, 6.45) is 3.67. The van der Waals surface area contributed by atoms with E-state index in [1.165, 1.54) is 6.33 Å². The predicted molar refractivity (Wildman–Crippen MR) is 89.5 cm³/mol. The van der Waals surface area contributed by atoms with E-state index in [-0.39, 0.29) is 12.5 Å². The molecule has 0 amide bonds. The number of aliphatic hydroxyl groups is 1. The van der Waals surface area contributed by atoms with Crippen molar-refractivity contribution in [2.75, 3.05) is 0 Å². The smallest absolute Gasteiger partial charge is 0.183 e. The SMILES string of the molecule is CC(C1CC1)C(O)(Cn1ncnc1S)c1ccc(Cl)cc1Cl. The molecule has 2 unspecified atom stereocenters. The van der Waals surface area contributed by atoms with Gasteiger partial charge >= 0.3 is 0 Å². The lowest BCUT2D eigenvalue weighted by atomic mass is 9.79. The molecule has 1 aliphatic rings. The average molecular weight is 358 g/mol. The van der Waals surface area contributed by atoms with Gasteiger partial charge in [-0.05, 0) is 36.8 Å². The Hall–Kier alpha value is -0.750. The van der Waals surface area contributed by atoms with E-state index in [1.54, 1.807) is 22.9 Å². The normalized spacial score (nSPS) is 19.0. The molecule has 1 N–H and O–H groups in total. The maximum atomic E-state index is 11.5. The molecule has 118 valence electrons. The Morgan fingerprint density at radius 3 is 2.73 bits per heavy atom. The fourth-order valence-electron chi connectivity index (χ4n) is 2.90. The lowest BCUT2D eigenvalue weighted by Gasteiger charge is -2.35. The molecule has 1 aromatic heterocycles. The first-order chi connectivity index (χ1) is 10.4. The first kappa shape index (κ1) is 16.1. The molecule has 0 bridgehead atoms. The molecule has 0 radical (unpaired) electrons. The third kappa shape index (κ3) is 3.00. The summed E-state index contributed by atoms with van der Waals surface area (Å²) < 4.78 is 1.59. The van der Waals surface area contributed by atoms with E-state index in [0.717, 1.165) is 12.8 Å². The van der Waals surface area contributed by atoms with Crippen LogP contribution < -0.4 is 0 Å². The van der Waals surface area contributed by atoms with Gasteiger partial charge < -0.3 is 5.11 Å². The molecule has 1 heterocycles. The number of hydrogen-bond acceptors (Lipinski definition) is 4. The van der Waals surface area contributed by atoms with Crippen LogP contribution in [0.4, 0.5) is 0 Å². The molecule has 1 aromatic carbocycles. The lowest BCUT2D eigenvalue weighted by molar-refractivity contribution is -0.0461. The van der Waals surface area contributed by atoms with E-state index in [2.05, 4.69) is 29.6 Å². The van der Waals surface area contributed by atoms with Gasteiger partial charge in [-0.15, -0.1) is 12.6 Å². The highest BCUT2D eigenvalue weighted by Crippen LogP contribution is 2.48. The van der Waals surface area contributed by atoms with Gasteiger partial charge in [0.25, 0.3) is 0 Å². The lowest BCUT2D eigenvalue weighted by Crippen LogP contribution is -2.40. The van der Waals surface area contributed by atoms with Crippen LogP contribution in [0.1, 0.15) is 25.3 Å². The zero-order chi connectivity index (χ0) is 15.9. The summed E-state index contributed by atoms with van der Waals surface area (Å²) in [6, 6.07) is 5.20. The highest BCUT2D eigenvalue weighted by atomic mass is 35.5. The molecule has 1 aliphatic carbocycles. The van der Waals surface area contributed by atoms with E-state index in [9.17, 15) is 5.11 Å². The summed E-state index contributed by atoms with van der Waals surface area (Å²) in [7, 11) is 0. The van der Waals surface area contributed by atoms with E-state index >= 15 is 0 Å². The van der Waals surface area contributed by atoms with Crippen molar-refractivity contribution in [2.45, 2.75) is 37.1 Å². The molecule has 7 heteroatoms. The number of rotatable bonds is 5. The van der Waals surface area contributed by atoms with Crippen molar-refractivity contribution in [3.63, 3.8) is 0 Å². The summed E-state index contributed by atoms with van der Waals surface area (Å²) in [5.74, 6) is 0.534. The summed E-state index contributed by atoms with van der Waals surface area (Å²) in [4.78, 5) is 4.00. The zero-order valence-corrected chi connectivity index (χ0v) is 14.5. The van der Waals surface area contributed by atoms with Crippen LogP contribution in [0.25, 0.3) is 0 Å². The van der Waals surface area contributed by atoms with Gasteiger partial charge in [-0.3, -0.25) is 0 Å². The van der Waals surface area contributed by atoms with Crippen molar-refractivity contribution in [1.82, 2.24) is 14.8 Å². The number of benzene rings is 1. The Balaban J connectivity index is 2.04. The maximum Gasteiger partial charge on any atom is 0.183 e. The minimum atomic E-state index is -1.14. The molecule has 2 atom stereocenters. The Morgan fingerprint density at radius 1 is 1.45 bits per heavy atom. The van der Waals surface area contributed by atoms with Gasteiger partial charge in [-0.1, -0.05) is 36.2 Å². The van der Waals surface area contributed by atoms with E-state index < -0.39 is 5.60 Å². The standard InChI is InChI=1S/C15H17Cl2N3OS/c1-9(10-2-3-10)15(21,7-20-14(22)18-8-19-20)12-5-4-11(16)6-13(12)17/h4-6,8-10,21H,2-3,7H2,1H3,(H,18,19,22). The number of aromatic nitrogens is 3. The Morgan fingerprint density at radius 2 is 2.18 bits per heavy atom. The molecular formula is C15H17Cl2N3OS. The third-order valence-electron chi connectivity index (χ3n) is 4.47. The second kappa shape index (κ2) is 6.04. The molecule has 2 aromatic rings. The van der Waals surface area contributed by atoms with Crippen LogP contribution in [0.3, 0.4) is 0 Å². The van der Waals surface area contributed by atoms with E-state index in [0.29, 0.717) is 26.7 Å². The van der Waals surface area contributed by atoms with Crippen LogP contribution in [0.5, 0.6) is 0 Å². The minimum Gasteiger partial charge on any atom is -0.383 e. The summed E-state index contributed by atoms with van der Waals surface area (Å²) >= 11 is 16.6. The predicted octanol–water partition coefficient (Wildman–Crippen LogP) is 3.81. The monoisotopic (exact) mass is 357 g/mol. The Labute approximate surface area is 144 Å². The van der Waals surface area contributed by atoms with Crippen LogP contribution in [-0.2, 0) is 12.1 Å². The summed E-state index contributed by atoms with van der Waals surface area (Å²) in [5, 5.41) is 17.1. The van der Waals surface area contributed by atoms with Crippen molar-refractivity contribution >= 4 is 35.8 Å². The fraction of sp³-hybridized carbons (Fsp3) is 0.467. The van der Waals surface area contributed by atoms with Gasteiger partial charge in [-0.25, -0.2) is 9.67 Å². The van der Waals surface area contributed by atoms with E-state index in [4.69, 9.17) is 23.2 Å². The number of thiol groups is 1. The molecule has 1 fully saturated rings. The van der Waals surface area contributed by atoms with Gasteiger partial charge in [0.15, 0.2) is 5.16 Å². The molecule has 22 heavy (non-hydrogen) atoms. The first-order valence-electron chi connectivity index (χ1n) is 7.16. The van der Waals surface area contributed by atoms with E-state index in [1.807, 2.05) is 0 Å². The minimum absolute atomic E-state index is 0.0445. The molecule has 1 saturated carbocycles. The first-order valence-corrected chi connectivity index (χ1v) is 8.37. The van der Waals surface area contributed by atoms with Gasteiger partial charge in [-0.2, -0.15) is 5.10 Å². The van der Waals surface area contributed by atoms with Crippen LogP contribution in [0.2, 0.25) is 10.0 Å². The van der Waals surface area contributed by atoms with Gasteiger partial charge in [0.2, 0.25) is 0 Å².